The fraction of sp³-hybridized carbons (Fsp3) is 0.200. The van der Waals surface area contributed by atoms with Crippen molar-refractivity contribution in [1.29, 1.82) is 0 Å². The van der Waals surface area contributed by atoms with Crippen LogP contribution >= 0.6 is 11.3 Å². The van der Waals surface area contributed by atoms with Gasteiger partial charge in [0.25, 0.3) is 0 Å². The van der Waals surface area contributed by atoms with Crippen LogP contribution in [0.15, 0.2) is 66.7 Å². The molecule has 0 aliphatic heterocycles. The number of nitrogens with one attached hydrogen (secondary N) is 1. The number of benzene rings is 2. The molecule has 0 atom stereocenters. The Morgan fingerprint density at radius 2 is 1.77 bits per heavy atom. The zero-order valence-corrected chi connectivity index (χ0v) is 18.4. The van der Waals surface area contributed by atoms with E-state index in [9.17, 15) is 9.59 Å². The average molecular weight is 436 g/mol. The number of hydrogen-bond acceptors (Lipinski definition) is 5. The Balaban J connectivity index is 1.74. The molecule has 0 aliphatic carbocycles. The maximum Gasteiger partial charge on any atom is 0.341 e. The lowest BCUT2D eigenvalue weighted by Crippen LogP contribution is -2.11. The van der Waals surface area contributed by atoms with Gasteiger partial charge in [-0.1, -0.05) is 49.4 Å². The number of esters is 1. The highest BCUT2D eigenvalue weighted by molar-refractivity contribution is 7.20. The van der Waals surface area contributed by atoms with Gasteiger partial charge in [-0.3, -0.25) is 4.79 Å². The van der Waals surface area contributed by atoms with E-state index < -0.39 is 5.97 Å². The number of carbonyl (C=O) groups is 2. The minimum absolute atomic E-state index is 0.264. The van der Waals surface area contributed by atoms with E-state index in [1.165, 1.54) is 17.4 Å². The van der Waals surface area contributed by atoms with Crippen LogP contribution in [0.25, 0.3) is 16.5 Å². The molecule has 1 amide bonds. The summed E-state index contributed by atoms with van der Waals surface area (Å²) in [5.41, 5.74) is 2.20. The number of rotatable bonds is 9. The number of amides is 1. The third kappa shape index (κ3) is 6.30. The van der Waals surface area contributed by atoms with Gasteiger partial charge >= 0.3 is 5.97 Å². The normalized spacial score (nSPS) is 10.8. The standard InChI is InChI=1S/C25H25NO4S/c1-3-16-30-20-13-10-18(11-14-20)12-15-23(27)26-24-21(25(28)29-4-2)17-22(31-24)19-8-6-5-7-9-19/h5-15,17H,3-4,16H2,1-2H3,(H,26,27)/b15-12+. The van der Waals surface area contributed by atoms with Crippen LogP contribution in [-0.2, 0) is 9.53 Å². The van der Waals surface area contributed by atoms with Crippen LogP contribution in [0, 0.1) is 0 Å². The molecule has 0 saturated carbocycles. The molecule has 0 aliphatic rings. The molecule has 0 unspecified atom stereocenters. The van der Waals surface area contributed by atoms with Crippen molar-refractivity contribution in [1.82, 2.24) is 0 Å². The van der Waals surface area contributed by atoms with Crippen LogP contribution in [0.4, 0.5) is 5.00 Å². The van der Waals surface area contributed by atoms with Gasteiger partial charge in [-0.15, -0.1) is 11.3 Å². The molecule has 0 fully saturated rings. The quantitative estimate of drug-likeness (QED) is 0.329. The van der Waals surface area contributed by atoms with Gasteiger partial charge in [-0.25, -0.2) is 4.79 Å². The molecular formula is C25H25NO4S. The summed E-state index contributed by atoms with van der Waals surface area (Å²) in [7, 11) is 0. The van der Waals surface area contributed by atoms with Gasteiger partial charge < -0.3 is 14.8 Å². The van der Waals surface area contributed by atoms with Gasteiger partial charge in [0.15, 0.2) is 0 Å². The Morgan fingerprint density at radius 3 is 2.45 bits per heavy atom. The molecule has 1 aromatic heterocycles. The Hall–Kier alpha value is -3.38. The molecular weight excluding hydrogens is 410 g/mol. The first-order valence-electron chi connectivity index (χ1n) is 10.2. The SMILES string of the molecule is CCCOc1ccc(/C=C/C(=O)Nc2sc(-c3ccccc3)cc2C(=O)OCC)cc1. The first-order chi connectivity index (χ1) is 15.1. The highest BCUT2D eigenvalue weighted by atomic mass is 32.1. The lowest BCUT2D eigenvalue weighted by molar-refractivity contribution is -0.111. The van der Waals surface area contributed by atoms with Gasteiger partial charge in [0.05, 0.1) is 18.8 Å². The number of carbonyl (C=O) groups excluding carboxylic acids is 2. The fourth-order valence-corrected chi connectivity index (χ4v) is 3.86. The Bertz CT molecular complexity index is 1040. The summed E-state index contributed by atoms with van der Waals surface area (Å²) in [5.74, 6) is 0.0238. The minimum Gasteiger partial charge on any atom is -0.494 e. The molecule has 0 spiro atoms. The molecule has 0 saturated heterocycles. The van der Waals surface area contributed by atoms with E-state index in [2.05, 4.69) is 12.2 Å². The molecule has 31 heavy (non-hydrogen) atoms. The number of hydrogen-bond donors (Lipinski definition) is 1. The average Bonchev–Trinajstić information content (AvgIpc) is 3.21. The second kappa shape index (κ2) is 11.1. The molecule has 6 heteroatoms. The van der Waals surface area contributed by atoms with Crippen LogP contribution < -0.4 is 10.1 Å². The topological polar surface area (TPSA) is 64.6 Å². The van der Waals surface area contributed by atoms with Crippen LogP contribution in [0.5, 0.6) is 5.75 Å². The van der Waals surface area contributed by atoms with Crippen LogP contribution in [-0.4, -0.2) is 25.1 Å². The van der Waals surface area contributed by atoms with Crippen LogP contribution in [0.1, 0.15) is 36.2 Å². The summed E-state index contributed by atoms with van der Waals surface area (Å²) >= 11 is 1.34. The van der Waals surface area contributed by atoms with E-state index in [-0.39, 0.29) is 12.5 Å². The molecule has 3 rings (SSSR count). The first-order valence-corrected chi connectivity index (χ1v) is 11.0. The summed E-state index contributed by atoms with van der Waals surface area (Å²) in [4.78, 5) is 25.8. The molecule has 0 radical (unpaired) electrons. The fourth-order valence-electron chi connectivity index (χ4n) is 2.81. The molecule has 2 aromatic carbocycles. The number of anilines is 1. The van der Waals surface area contributed by atoms with Crippen molar-refractivity contribution in [2.45, 2.75) is 20.3 Å². The van der Waals surface area contributed by atoms with Crippen LogP contribution in [0.3, 0.4) is 0 Å². The molecule has 5 nitrogen and oxygen atoms in total. The van der Waals surface area contributed by atoms with Gasteiger partial charge in [0.1, 0.15) is 10.8 Å². The second-order valence-electron chi connectivity index (χ2n) is 6.68. The van der Waals surface area contributed by atoms with Gasteiger partial charge in [-0.05, 0) is 48.7 Å². The van der Waals surface area contributed by atoms with Crippen molar-refractivity contribution < 1.29 is 19.1 Å². The van der Waals surface area contributed by atoms with Crippen molar-refractivity contribution in [3.63, 3.8) is 0 Å². The van der Waals surface area contributed by atoms with Crippen LogP contribution in [0.2, 0.25) is 0 Å². The van der Waals surface area contributed by atoms with E-state index in [1.807, 2.05) is 54.6 Å². The number of ether oxygens (including phenoxy) is 2. The predicted molar refractivity (Wildman–Crippen MR) is 126 cm³/mol. The van der Waals surface area contributed by atoms with Gasteiger partial charge in [-0.2, -0.15) is 0 Å². The van der Waals surface area contributed by atoms with E-state index in [0.29, 0.717) is 17.2 Å². The summed E-state index contributed by atoms with van der Waals surface area (Å²) in [6, 6.07) is 19.0. The van der Waals surface area contributed by atoms with Gasteiger partial charge in [0.2, 0.25) is 5.91 Å². The highest BCUT2D eigenvalue weighted by Crippen LogP contribution is 2.36. The van der Waals surface area contributed by atoms with E-state index in [1.54, 1.807) is 19.1 Å². The molecule has 3 aromatic rings. The lowest BCUT2D eigenvalue weighted by atomic mass is 10.1. The molecule has 1 N–H and O–H groups in total. The minimum atomic E-state index is -0.456. The Morgan fingerprint density at radius 1 is 1.03 bits per heavy atom. The Labute approximate surface area is 186 Å². The molecule has 1 heterocycles. The predicted octanol–water partition coefficient (Wildman–Crippen LogP) is 6.03. The van der Waals surface area contributed by atoms with Crippen molar-refractivity contribution in [2.75, 3.05) is 18.5 Å². The van der Waals surface area contributed by atoms with Crippen molar-refractivity contribution in [3.05, 3.63) is 77.9 Å². The maximum absolute atomic E-state index is 12.5. The zero-order valence-electron chi connectivity index (χ0n) is 17.6. The Kier molecular flexibility index (Phi) is 8.01. The zero-order chi connectivity index (χ0) is 22.1. The second-order valence-corrected chi connectivity index (χ2v) is 7.73. The van der Waals surface area contributed by atoms with E-state index >= 15 is 0 Å². The highest BCUT2D eigenvalue weighted by Gasteiger charge is 2.19. The lowest BCUT2D eigenvalue weighted by Gasteiger charge is -2.05. The first kappa shape index (κ1) is 22.3. The summed E-state index contributed by atoms with van der Waals surface area (Å²) in [5, 5.41) is 3.28. The van der Waals surface area contributed by atoms with Crippen molar-refractivity contribution in [3.8, 4) is 16.2 Å². The maximum atomic E-state index is 12.5. The van der Waals surface area contributed by atoms with E-state index in [4.69, 9.17) is 9.47 Å². The smallest absolute Gasteiger partial charge is 0.341 e. The summed E-state index contributed by atoms with van der Waals surface area (Å²) in [6.07, 6.45) is 4.11. The van der Waals surface area contributed by atoms with Gasteiger partial charge in [0, 0.05) is 11.0 Å². The molecule has 160 valence electrons. The monoisotopic (exact) mass is 435 g/mol. The summed E-state index contributed by atoms with van der Waals surface area (Å²) in [6.45, 7) is 4.74. The van der Waals surface area contributed by atoms with E-state index in [0.717, 1.165) is 28.2 Å². The largest absolute Gasteiger partial charge is 0.494 e. The third-order valence-corrected chi connectivity index (χ3v) is 5.40. The third-order valence-electron chi connectivity index (χ3n) is 4.30. The van der Waals surface area contributed by atoms with Crippen molar-refractivity contribution in [2.24, 2.45) is 0 Å². The number of thiophene rings is 1. The summed E-state index contributed by atoms with van der Waals surface area (Å²) < 4.78 is 10.7. The van der Waals surface area contributed by atoms with Crippen molar-refractivity contribution >= 4 is 34.3 Å². The molecule has 0 bridgehead atoms.